The molecule has 0 saturated heterocycles. The molecule has 0 amide bonds. The van der Waals surface area contributed by atoms with Crippen LogP contribution in [0.2, 0.25) is 0 Å². The average Bonchev–Trinajstić information content (AvgIpc) is 2.60. The van der Waals surface area contributed by atoms with Crippen LogP contribution in [0.3, 0.4) is 0 Å². The Bertz CT molecular complexity index is 966. The highest BCUT2D eigenvalue weighted by Gasteiger charge is 2.34. The van der Waals surface area contributed by atoms with E-state index in [2.05, 4.69) is 25.0 Å². The van der Waals surface area contributed by atoms with Crippen molar-refractivity contribution in [2.24, 2.45) is 0 Å². The lowest BCUT2D eigenvalue weighted by molar-refractivity contribution is -0.274. The van der Waals surface area contributed by atoms with E-state index in [0.29, 0.717) is 6.07 Å². The molecule has 1 N–H and O–H groups in total. The van der Waals surface area contributed by atoms with Crippen LogP contribution in [0.1, 0.15) is 5.69 Å². The van der Waals surface area contributed by atoms with Crippen LogP contribution in [0.5, 0.6) is 5.75 Å². The normalized spacial score (nSPS) is 11.5. The van der Waals surface area contributed by atoms with Gasteiger partial charge in [-0.05, 0) is 24.3 Å². The van der Waals surface area contributed by atoms with Gasteiger partial charge < -0.3 is 10.1 Å². The maximum absolute atomic E-state index is 13.2. The van der Waals surface area contributed by atoms with Gasteiger partial charge >= 0.3 is 12.5 Å². The molecule has 0 fully saturated rings. The Kier molecular flexibility index (Phi) is 6.52. The molecule has 3 rings (SSSR count). The quantitative estimate of drug-likeness (QED) is 0.538. The van der Waals surface area contributed by atoms with Crippen molar-refractivity contribution in [2.45, 2.75) is 12.5 Å². The second-order valence-electron chi connectivity index (χ2n) is 5.38. The molecule has 12 heteroatoms. The third kappa shape index (κ3) is 6.21. The van der Waals surface area contributed by atoms with Gasteiger partial charge in [0.25, 0.3) is 0 Å². The summed E-state index contributed by atoms with van der Waals surface area (Å²) in [5.74, 6) is -1.10. The number of aromatic nitrogens is 3. The Balaban J connectivity index is 0.00000300. The van der Waals surface area contributed by atoms with E-state index < -0.39 is 24.0 Å². The molecule has 29 heavy (non-hydrogen) atoms. The van der Waals surface area contributed by atoms with E-state index in [4.69, 9.17) is 0 Å². The molecule has 0 unspecified atom stereocenters. The van der Waals surface area contributed by atoms with Crippen LogP contribution in [0.4, 0.5) is 37.8 Å². The minimum atomic E-state index is -4.90. The monoisotopic (exact) mass is 436 g/mol. The summed E-state index contributed by atoms with van der Waals surface area (Å²) >= 11 is 0. The Hall–Kier alpha value is -3.08. The first kappa shape index (κ1) is 22.2. The van der Waals surface area contributed by atoms with E-state index in [1.54, 1.807) is 12.1 Å². The molecule has 2 heterocycles. The van der Waals surface area contributed by atoms with Crippen LogP contribution in [0, 0.1) is 0 Å². The minimum absolute atomic E-state index is 0. The van der Waals surface area contributed by atoms with Gasteiger partial charge in [-0.2, -0.15) is 13.2 Å². The number of hydrogen-bond acceptors (Lipinski definition) is 5. The maximum atomic E-state index is 13.2. The van der Waals surface area contributed by atoms with Crippen molar-refractivity contribution in [3.05, 3.63) is 60.4 Å². The summed E-state index contributed by atoms with van der Waals surface area (Å²) < 4.78 is 80.3. The highest BCUT2D eigenvalue weighted by Crippen LogP contribution is 2.32. The molecular formula is C17H11ClF6N4O. The topological polar surface area (TPSA) is 59.9 Å². The molecule has 5 nitrogen and oxygen atoms in total. The van der Waals surface area contributed by atoms with E-state index in [1.165, 1.54) is 24.4 Å². The smallest absolute Gasteiger partial charge is 0.406 e. The molecular weight excluding hydrogens is 426 g/mol. The molecule has 3 aromatic rings. The minimum Gasteiger partial charge on any atom is -0.406 e. The molecule has 0 aliphatic carbocycles. The lowest BCUT2D eigenvalue weighted by atomic mass is 10.2. The summed E-state index contributed by atoms with van der Waals surface area (Å²) in [6.07, 6.45) is -8.29. The third-order valence-electron chi connectivity index (χ3n) is 3.25. The molecule has 0 atom stereocenters. The van der Waals surface area contributed by atoms with E-state index in [9.17, 15) is 26.3 Å². The fraction of sp³-hybridized carbons (Fsp3) is 0.118. The van der Waals surface area contributed by atoms with Gasteiger partial charge in [-0.15, -0.1) is 25.6 Å². The first-order chi connectivity index (χ1) is 13.1. The number of benzene rings is 1. The second kappa shape index (κ2) is 8.52. The third-order valence-corrected chi connectivity index (χ3v) is 3.25. The van der Waals surface area contributed by atoms with Crippen molar-refractivity contribution < 1.29 is 31.1 Å². The number of nitrogens with one attached hydrogen (secondary N) is 1. The fourth-order valence-electron chi connectivity index (χ4n) is 2.18. The van der Waals surface area contributed by atoms with E-state index >= 15 is 0 Å². The van der Waals surface area contributed by atoms with Gasteiger partial charge in [-0.3, -0.25) is 4.98 Å². The van der Waals surface area contributed by atoms with Gasteiger partial charge in [0.15, 0.2) is 11.5 Å². The highest BCUT2D eigenvalue weighted by atomic mass is 35.5. The average molecular weight is 437 g/mol. The summed E-state index contributed by atoms with van der Waals surface area (Å²) in [5, 5.41) is 2.53. The van der Waals surface area contributed by atoms with Crippen molar-refractivity contribution in [1.29, 1.82) is 0 Å². The zero-order valence-corrected chi connectivity index (χ0v) is 14.9. The first-order valence-electron chi connectivity index (χ1n) is 7.61. The number of ether oxygens (including phenoxy) is 1. The van der Waals surface area contributed by atoms with Crippen molar-refractivity contribution in [3.63, 3.8) is 0 Å². The molecule has 0 aliphatic heterocycles. The molecule has 1 aromatic carbocycles. The number of halogens is 7. The van der Waals surface area contributed by atoms with Gasteiger partial charge in [0.1, 0.15) is 17.3 Å². The predicted octanol–water partition coefficient (Wildman–Crippen LogP) is 5.62. The summed E-state index contributed by atoms with van der Waals surface area (Å²) in [6.45, 7) is 0. The molecule has 0 spiro atoms. The molecule has 0 bridgehead atoms. The lowest BCUT2D eigenvalue weighted by Gasteiger charge is -2.13. The van der Waals surface area contributed by atoms with Gasteiger partial charge in [0, 0.05) is 24.0 Å². The van der Waals surface area contributed by atoms with E-state index in [1.807, 2.05) is 0 Å². The van der Waals surface area contributed by atoms with Crippen LogP contribution in [0.25, 0.3) is 11.5 Å². The number of nitrogens with zero attached hydrogens (tertiary/aromatic N) is 3. The molecule has 154 valence electrons. The fourth-order valence-corrected chi connectivity index (χ4v) is 2.18. The Labute approximate surface area is 166 Å². The number of rotatable bonds is 4. The second-order valence-corrected chi connectivity index (χ2v) is 5.38. The SMILES string of the molecule is Cl.FC(F)(F)Oc1cccc(Nc2cc(C(F)(F)F)nc(-c3ccccn3)n2)c1. The Morgan fingerprint density at radius 2 is 1.62 bits per heavy atom. The summed E-state index contributed by atoms with van der Waals surface area (Å²) in [5.41, 5.74) is -1.08. The lowest BCUT2D eigenvalue weighted by Crippen LogP contribution is -2.17. The van der Waals surface area contributed by atoms with Crippen molar-refractivity contribution >= 4 is 23.9 Å². The summed E-state index contributed by atoms with van der Waals surface area (Å²) in [6, 6.07) is 9.82. The Morgan fingerprint density at radius 3 is 2.24 bits per heavy atom. The summed E-state index contributed by atoms with van der Waals surface area (Å²) in [7, 11) is 0. The number of anilines is 2. The maximum Gasteiger partial charge on any atom is 0.573 e. The van der Waals surface area contributed by atoms with Gasteiger partial charge in [-0.1, -0.05) is 12.1 Å². The summed E-state index contributed by atoms with van der Waals surface area (Å²) in [4.78, 5) is 11.3. The largest absolute Gasteiger partial charge is 0.573 e. The van der Waals surface area contributed by atoms with Gasteiger partial charge in [0.2, 0.25) is 0 Å². The van der Waals surface area contributed by atoms with Gasteiger partial charge in [0.05, 0.1) is 0 Å². The number of alkyl halides is 6. The Morgan fingerprint density at radius 1 is 0.862 bits per heavy atom. The standard InChI is InChI=1S/C17H10F6N4O.ClH/c18-16(19,20)13-9-14(27-15(26-13)12-6-1-2-7-24-12)25-10-4-3-5-11(8-10)28-17(21,22)23;/h1-9H,(H,25,26,27);1H. The molecule has 0 saturated carbocycles. The van der Waals surface area contributed by atoms with Crippen molar-refractivity contribution in [1.82, 2.24) is 15.0 Å². The molecule has 0 radical (unpaired) electrons. The predicted molar refractivity (Wildman–Crippen MR) is 93.9 cm³/mol. The van der Waals surface area contributed by atoms with Crippen LogP contribution in [0.15, 0.2) is 54.7 Å². The first-order valence-corrected chi connectivity index (χ1v) is 7.61. The van der Waals surface area contributed by atoms with Gasteiger partial charge in [-0.25, -0.2) is 9.97 Å². The number of hydrogen-bond donors (Lipinski definition) is 1. The number of pyridine rings is 1. The zero-order valence-electron chi connectivity index (χ0n) is 14.1. The van der Waals surface area contributed by atoms with Crippen LogP contribution >= 0.6 is 12.4 Å². The molecule has 0 aliphatic rings. The highest BCUT2D eigenvalue weighted by molar-refractivity contribution is 5.85. The van der Waals surface area contributed by atoms with E-state index in [0.717, 1.165) is 12.1 Å². The zero-order chi connectivity index (χ0) is 20.4. The van der Waals surface area contributed by atoms with Crippen molar-refractivity contribution in [3.8, 4) is 17.3 Å². The van der Waals surface area contributed by atoms with E-state index in [-0.39, 0.29) is 35.4 Å². The van der Waals surface area contributed by atoms with Crippen LogP contribution in [-0.2, 0) is 6.18 Å². The van der Waals surface area contributed by atoms with Crippen LogP contribution in [-0.4, -0.2) is 21.3 Å². The van der Waals surface area contributed by atoms with Crippen molar-refractivity contribution in [2.75, 3.05) is 5.32 Å². The van der Waals surface area contributed by atoms with Crippen LogP contribution < -0.4 is 10.1 Å². The molecule has 2 aromatic heterocycles.